The number of ether oxygens (including phenoxy) is 2. The fourth-order valence-electron chi connectivity index (χ4n) is 2.77. The summed E-state index contributed by atoms with van der Waals surface area (Å²) in [7, 11) is 0. The van der Waals surface area contributed by atoms with Crippen molar-refractivity contribution in [2.45, 2.75) is 32.0 Å². The molecule has 27 heavy (non-hydrogen) atoms. The van der Waals surface area contributed by atoms with Crippen LogP contribution in [0.4, 0.5) is 19.0 Å². The van der Waals surface area contributed by atoms with Crippen LogP contribution in [-0.2, 0) is 15.7 Å². The van der Waals surface area contributed by atoms with Gasteiger partial charge in [-0.1, -0.05) is 0 Å². The van der Waals surface area contributed by atoms with E-state index in [1.54, 1.807) is 0 Å². The maximum Gasteiger partial charge on any atom is 0.421 e. The van der Waals surface area contributed by atoms with Crippen LogP contribution in [0.15, 0.2) is 12.1 Å². The molecule has 2 saturated heterocycles. The lowest BCUT2D eigenvalue weighted by molar-refractivity contribution is -0.139. The highest BCUT2D eigenvalue weighted by Crippen LogP contribution is 2.36. The van der Waals surface area contributed by atoms with Crippen LogP contribution in [0.25, 0.3) is 0 Å². The molecule has 2 N–H and O–H groups in total. The van der Waals surface area contributed by atoms with Gasteiger partial charge in [0.2, 0.25) is 5.88 Å². The highest BCUT2D eigenvalue weighted by Gasteiger charge is 2.36. The van der Waals surface area contributed by atoms with Crippen LogP contribution in [0.1, 0.15) is 25.3 Å². The molecule has 3 heterocycles. The number of nitrogens with one attached hydrogen (secondary N) is 1. The zero-order chi connectivity index (χ0) is 19.9. The largest absolute Gasteiger partial charge is 0.481 e. The van der Waals surface area contributed by atoms with Crippen molar-refractivity contribution in [3.8, 4) is 5.88 Å². The minimum atomic E-state index is -4.49. The van der Waals surface area contributed by atoms with Gasteiger partial charge in [0.25, 0.3) is 5.97 Å². The highest BCUT2D eigenvalue weighted by atomic mass is 19.4. The predicted molar refractivity (Wildman–Crippen MR) is 92.1 cm³/mol. The molecular formula is C17H24F3N3O4. The third-order valence-electron chi connectivity index (χ3n) is 4.02. The van der Waals surface area contributed by atoms with E-state index in [0.717, 1.165) is 38.9 Å². The SMILES string of the molecule is CC(=O)O.FC(F)(F)c1ccc(N2CCNCC2)nc1OCC1CCCO1. The molecule has 1 unspecified atom stereocenters. The summed E-state index contributed by atoms with van der Waals surface area (Å²) >= 11 is 0. The molecule has 2 fully saturated rings. The number of pyridine rings is 1. The number of alkyl halides is 3. The van der Waals surface area contributed by atoms with E-state index in [2.05, 4.69) is 10.3 Å². The third-order valence-corrected chi connectivity index (χ3v) is 4.02. The first-order valence-corrected chi connectivity index (χ1v) is 8.75. The zero-order valence-electron chi connectivity index (χ0n) is 15.1. The van der Waals surface area contributed by atoms with E-state index >= 15 is 0 Å². The van der Waals surface area contributed by atoms with Crippen LogP contribution < -0.4 is 15.0 Å². The number of hydrogen-bond acceptors (Lipinski definition) is 6. The number of hydrogen-bond donors (Lipinski definition) is 2. The van der Waals surface area contributed by atoms with Gasteiger partial charge < -0.3 is 24.8 Å². The number of rotatable bonds is 4. The Balaban J connectivity index is 0.000000596. The Labute approximate surface area is 155 Å². The molecule has 2 aliphatic heterocycles. The van der Waals surface area contributed by atoms with Crippen molar-refractivity contribution in [2.24, 2.45) is 0 Å². The number of piperazine rings is 1. The number of carboxylic acid groups (broad SMARTS) is 1. The summed E-state index contributed by atoms with van der Waals surface area (Å²) in [5.41, 5.74) is -0.839. The van der Waals surface area contributed by atoms with E-state index in [4.69, 9.17) is 19.4 Å². The second-order valence-corrected chi connectivity index (χ2v) is 6.22. The molecule has 1 aromatic heterocycles. The lowest BCUT2D eigenvalue weighted by Gasteiger charge is -2.29. The Kier molecular flexibility index (Phi) is 7.66. The second-order valence-electron chi connectivity index (χ2n) is 6.22. The van der Waals surface area contributed by atoms with E-state index in [1.807, 2.05) is 4.90 Å². The first kappa shape index (κ1) is 21.2. The Morgan fingerprint density at radius 2 is 2.07 bits per heavy atom. The minimum Gasteiger partial charge on any atom is -0.481 e. The Morgan fingerprint density at radius 1 is 1.41 bits per heavy atom. The lowest BCUT2D eigenvalue weighted by atomic mass is 10.2. The van der Waals surface area contributed by atoms with Gasteiger partial charge in [-0.2, -0.15) is 18.2 Å². The standard InChI is InChI=1S/C15H20F3N3O2.C2H4O2/c16-15(17,18)12-3-4-13(21-7-5-19-6-8-21)20-14(12)23-10-11-2-1-9-22-11;1-2(3)4/h3-4,11,19H,1-2,5-10H2;1H3,(H,3,4). The van der Waals surface area contributed by atoms with Crippen molar-refractivity contribution in [3.05, 3.63) is 17.7 Å². The molecule has 0 amide bonds. The Hall–Kier alpha value is -2.07. The third kappa shape index (κ3) is 6.87. The van der Waals surface area contributed by atoms with Crippen LogP contribution in [0.3, 0.4) is 0 Å². The minimum absolute atomic E-state index is 0.0983. The molecule has 1 atom stereocenters. The smallest absolute Gasteiger partial charge is 0.421 e. The molecule has 7 nitrogen and oxygen atoms in total. The first-order valence-electron chi connectivity index (χ1n) is 8.75. The number of nitrogens with zero attached hydrogens (tertiary/aromatic N) is 2. The molecule has 1 aromatic rings. The molecule has 0 spiro atoms. The topological polar surface area (TPSA) is 83.9 Å². The number of carboxylic acids is 1. The van der Waals surface area contributed by atoms with Crippen LogP contribution in [0, 0.1) is 0 Å². The molecule has 2 aliphatic rings. The van der Waals surface area contributed by atoms with Gasteiger partial charge in [0.05, 0.1) is 6.10 Å². The van der Waals surface area contributed by atoms with Crippen LogP contribution in [-0.4, -0.2) is 61.6 Å². The maximum absolute atomic E-state index is 13.1. The van der Waals surface area contributed by atoms with E-state index in [9.17, 15) is 13.2 Å². The van der Waals surface area contributed by atoms with Gasteiger partial charge in [0.15, 0.2) is 0 Å². The summed E-state index contributed by atoms with van der Waals surface area (Å²) in [6.07, 6.45) is -2.92. The number of halogens is 3. The highest BCUT2D eigenvalue weighted by molar-refractivity contribution is 5.62. The number of aliphatic carboxylic acids is 1. The molecule has 152 valence electrons. The van der Waals surface area contributed by atoms with Gasteiger partial charge in [-0.25, -0.2) is 0 Å². The van der Waals surface area contributed by atoms with Gasteiger partial charge in [-0.15, -0.1) is 0 Å². The summed E-state index contributed by atoms with van der Waals surface area (Å²) < 4.78 is 50.2. The van der Waals surface area contributed by atoms with Crippen molar-refractivity contribution >= 4 is 11.8 Å². The van der Waals surface area contributed by atoms with Crippen molar-refractivity contribution in [2.75, 3.05) is 44.3 Å². The number of anilines is 1. The van der Waals surface area contributed by atoms with Crippen LogP contribution >= 0.6 is 0 Å². The van der Waals surface area contributed by atoms with Gasteiger partial charge in [0.1, 0.15) is 18.0 Å². The van der Waals surface area contributed by atoms with Gasteiger partial charge >= 0.3 is 6.18 Å². The maximum atomic E-state index is 13.1. The van der Waals surface area contributed by atoms with Gasteiger partial charge in [0, 0.05) is 39.7 Å². The monoisotopic (exact) mass is 391 g/mol. The fourth-order valence-corrected chi connectivity index (χ4v) is 2.77. The second kappa shape index (κ2) is 9.75. The summed E-state index contributed by atoms with van der Waals surface area (Å²) in [6.45, 7) is 4.81. The Morgan fingerprint density at radius 3 is 2.63 bits per heavy atom. The van der Waals surface area contributed by atoms with E-state index < -0.39 is 17.7 Å². The summed E-state index contributed by atoms with van der Waals surface area (Å²) in [5.74, 6) is -0.675. The number of carbonyl (C=O) groups is 1. The predicted octanol–water partition coefficient (Wildman–Crippen LogP) is 2.16. The summed E-state index contributed by atoms with van der Waals surface area (Å²) in [4.78, 5) is 15.1. The van der Waals surface area contributed by atoms with Crippen molar-refractivity contribution < 1.29 is 32.5 Å². The van der Waals surface area contributed by atoms with Crippen molar-refractivity contribution in [1.29, 1.82) is 0 Å². The molecule has 10 heteroatoms. The summed E-state index contributed by atoms with van der Waals surface area (Å²) in [5, 5.41) is 10.6. The quantitative estimate of drug-likeness (QED) is 0.814. The molecule has 0 bridgehead atoms. The molecule has 0 radical (unpaired) electrons. The van der Waals surface area contributed by atoms with Crippen LogP contribution in [0.2, 0.25) is 0 Å². The van der Waals surface area contributed by atoms with E-state index in [1.165, 1.54) is 6.07 Å². The van der Waals surface area contributed by atoms with E-state index in [-0.39, 0.29) is 18.6 Å². The molecule has 0 saturated carbocycles. The van der Waals surface area contributed by atoms with E-state index in [0.29, 0.717) is 25.5 Å². The van der Waals surface area contributed by atoms with Crippen LogP contribution in [0.5, 0.6) is 5.88 Å². The lowest BCUT2D eigenvalue weighted by Crippen LogP contribution is -2.44. The first-order chi connectivity index (χ1) is 12.8. The number of aromatic nitrogens is 1. The average molecular weight is 391 g/mol. The average Bonchev–Trinajstić information content (AvgIpc) is 3.13. The Bertz CT molecular complexity index is 612. The zero-order valence-corrected chi connectivity index (χ0v) is 15.1. The van der Waals surface area contributed by atoms with Crippen molar-refractivity contribution in [1.82, 2.24) is 10.3 Å². The molecule has 0 aliphatic carbocycles. The molecule has 0 aromatic carbocycles. The molecular weight excluding hydrogens is 367 g/mol. The van der Waals surface area contributed by atoms with Gasteiger partial charge in [-0.05, 0) is 25.0 Å². The summed E-state index contributed by atoms with van der Waals surface area (Å²) in [6, 6.07) is 2.46. The van der Waals surface area contributed by atoms with Gasteiger partial charge in [-0.3, -0.25) is 4.79 Å². The normalized spacial score (nSPS) is 20.0. The fraction of sp³-hybridized carbons (Fsp3) is 0.647. The molecule has 3 rings (SSSR count). The van der Waals surface area contributed by atoms with Crippen molar-refractivity contribution in [3.63, 3.8) is 0 Å².